The molecule has 2 saturated carbocycles. The van der Waals surface area contributed by atoms with E-state index in [4.69, 9.17) is 10.7 Å². The summed E-state index contributed by atoms with van der Waals surface area (Å²) >= 11 is 0. The highest BCUT2D eigenvalue weighted by atomic mass is 16.1. The molecule has 0 amide bonds. The summed E-state index contributed by atoms with van der Waals surface area (Å²) in [6.07, 6.45) is 10.3. The molecule has 4 atom stereocenters. The first-order valence-corrected chi connectivity index (χ1v) is 10.1. The molecule has 2 aliphatic rings. The fraction of sp³-hybridized carbons (Fsp3) is 0.455. The first kappa shape index (κ1) is 17.5. The lowest BCUT2D eigenvalue weighted by molar-refractivity contribution is -0.125. The van der Waals surface area contributed by atoms with Gasteiger partial charge in [-0.1, -0.05) is 0 Å². The Balaban J connectivity index is 1.39. The third kappa shape index (κ3) is 3.11. The Morgan fingerprint density at radius 3 is 2.71 bits per heavy atom. The minimum Gasteiger partial charge on any atom is -0.328 e. The second-order valence-corrected chi connectivity index (χ2v) is 8.47. The number of aryl methyl sites for hydroxylation is 1. The van der Waals surface area contributed by atoms with E-state index in [0.29, 0.717) is 24.0 Å². The first-order valence-electron chi connectivity index (χ1n) is 10.1. The van der Waals surface area contributed by atoms with Gasteiger partial charge in [-0.15, -0.1) is 0 Å². The topological polar surface area (TPSA) is 86.7 Å². The molecule has 2 bridgehead atoms. The Kier molecular flexibility index (Phi) is 4.23. The van der Waals surface area contributed by atoms with E-state index in [-0.39, 0.29) is 12.0 Å². The van der Waals surface area contributed by atoms with Crippen LogP contribution in [0, 0.1) is 17.8 Å². The molecule has 0 aromatic carbocycles. The van der Waals surface area contributed by atoms with E-state index in [0.717, 1.165) is 53.5 Å². The zero-order chi connectivity index (χ0) is 19.3. The van der Waals surface area contributed by atoms with Crippen LogP contribution in [0.2, 0.25) is 0 Å². The van der Waals surface area contributed by atoms with Crippen LogP contribution in [0.1, 0.15) is 31.4 Å². The number of aromatic nitrogens is 4. The molecule has 3 heterocycles. The van der Waals surface area contributed by atoms with Crippen LogP contribution in [0.15, 0.2) is 36.8 Å². The molecule has 0 aliphatic heterocycles. The minimum atomic E-state index is 0.173. The van der Waals surface area contributed by atoms with Gasteiger partial charge in [-0.2, -0.15) is 5.10 Å². The number of nitrogens with zero attached hydrogens (tertiary/aromatic N) is 4. The molecule has 0 spiro atoms. The van der Waals surface area contributed by atoms with E-state index >= 15 is 0 Å². The largest absolute Gasteiger partial charge is 0.328 e. The van der Waals surface area contributed by atoms with Gasteiger partial charge in [0, 0.05) is 54.5 Å². The predicted molar refractivity (Wildman–Crippen MR) is 107 cm³/mol. The van der Waals surface area contributed by atoms with Crippen LogP contribution < -0.4 is 5.73 Å². The number of Topliss-reactive ketones (excluding diaryl/α,β-unsaturated/α-hetero) is 1. The van der Waals surface area contributed by atoms with Gasteiger partial charge >= 0.3 is 0 Å². The van der Waals surface area contributed by atoms with Crippen LogP contribution in [0.4, 0.5) is 0 Å². The van der Waals surface area contributed by atoms with Crippen molar-refractivity contribution in [2.45, 2.75) is 38.1 Å². The lowest BCUT2D eigenvalue weighted by atomic mass is 9.73. The molecule has 144 valence electrons. The Morgan fingerprint density at radius 2 is 2.00 bits per heavy atom. The molecular weight excluding hydrogens is 350 g/mol. The van der Waals surface area contributed by atoms with Crippen molar-refractivity contribution in [3.05, 3.63) is 42.5 Å². The summed E-state index contributed by atoms with van der Waals surface area (Å²) in [5.74, 6) is 1.44. The average Bonchev–Trinajstić information content (AvgIpc) is 3.22. The summed E-state index contributed by atoms with van der Waals surface area (Å²) in [5, 5.41) is 5.20. The van der Waals surface area contributed by atoms with Crippen LogP contribution in [0.3, 0.4) is 0 Å². The summed E-state index contributed by atoms with van der Waals surface area (Å²) in [7, 11) is 1.89. The number of fused-ring (bicyclic) bond motifs is 3. The van der Waals surface area contributed by atoms with Crippen LogP contribution in [-0.4, -0.2) is 31.6 Å². The average molecular weight is 375 g/mol. The fourth-order valence-electron chi connectivity index (χ4n) is 5.27. The summed E-state index contributed by atoms with van der Waals surface area (Å²) in [6, 6.07) is 6.24. The number of nitrogens with two attached hydrogens (primary N) is 1. The quantitative estimate of drug-likeness (QED) is 0.758. The Bertz CT molecular complexity index is 1030. The predicted octanol–water partition coefficient (Wildman–Crippen LogP) is 2.91. The number of carbonyl (C=O) groups is 1. The molecule has 28 heavy (non-hydrogen) atoms. The van der Waals surface area contributed by atoms with E-state index < -0.39 is 0 Å². The number of rotatable bonds is 4. The van der Waals surface area contributed by atoms with E-state index in [2.05, 4.69) is 10.1 Å². The summed E-state index contributed by atoms with van der Waals surface area (Å²) in [4.78, 5) is 22.4. The zero-order valence-electron chi connectivity index (χ0n) is 16.1. The van der Waals surface area contributed by atoms with Gasteiger partial charge in [-0.3, -0.25) is 14.5 Å². The fourth-order valence-corrected chi connectivity index (χ4v) is 5.27. The lowest BCUT2D eigenvalue weighted by Gasteiger charge is -2.32. The van der Waals surface area contributed by atoms with Gasteiger partial charge in [0.05, 0.1) is 17.4 Å². The number of carbonyl (C=O) groups excluding carboxylic acids is 1. The van der Waals surface area contributed by atoms with E-state index in [1.807, 2.05) is 43.8 Å². The molecular formula is C22H25N5O. The van der Waals surface area contributed by atoms with Gasteiger partial charge in [-0.05, 0) is 55.7 Å². The molecule has 0 radical (unpaired) electrons. The monoisotopic (exact) mass is 375 g/mol. The molecule has 2 N–H and O–H groups in total. The molecule has 0 saturated heterocycles. The standard InChI is InChI=1S/C22H25N5O/c1-27-12-16(11-25-27)19-5-4-15-10-24-18(8-20(15)26-19)9-21(28)22-13-2-3-14(22)7-17(23)6-13/h4-5,8,10-14,17,22H,2-3,6-7,9,23H2,1H3/t13-,14+,17?,22?. The van der Waals surface area contributed by atoms with Crippen LogP contribution >= 0.6 is 0 Å². The highest BCUT2D eigenvalue weighted by molar-refractivity contribution is 5.86. The van der Waals surface area contributed by atoms with E-state index in [9.17, 15) is 4.79 Å². The van der Waals surface area contributed by atoms with Crippen molar-refractivity contribution in [1.82, 2.24) is 19.7 Å². The van der Waals surface area contributed by atoms with Gasteiger partial charge in [-0.25, -0.2) is 4.98 Å². The van der Waals surface area contributed by atoms with Gasteiger partial charge in [0.2, 0.25) is 0 Å². The normalized spacial score (nSPS) is 26.6. The Hall–Kier alpha value is -2.60. The smallest absolute Gasteiger partial charge is 0.142 e. The summed E-state index contributed by atoms with van der Waals surface area (Å²) in [5.41, 5.74) is 9.69. The van der Waals surface area contributed by atoms with Crippen molar-refractivity contribution in [1.29, 1.82) is 0 Å². The van der Waals surface area contributed by atoms with Gasteiger partial charge in [0.1, 0.15) is 5.78 Å². The maximum absolute atomic E-state index is 13.1. The zero-order valence-corrected chi connectivity index (χ0v) is 16.1. The van der Waals surface area contributed by atoms with Crippen molar-refractivity contribution in [2.24, 2.45) is 30.5 Å². The second-order valence-electron chi connectivity index (χ2n) is 8.47. The van der Waals surface area contributed by atoms with Crippen molar-refractivity contribution >= 4 is 16.7 Å². The maximum atomic E-state index is 13.1. The van der Waals surface area contributed by atoms with Crippen molar-refractivity contribution in [2.75, 3.05) is 0 Å². The molecule has 2 fully saturated rings. The van der Waals surface area contributed by atoms with Crippen molar-refractivity contribution in [3.63, 3.8) is 0 Å². The number of pyridine rings is 2. The van der Waals surface area contributed by atoms with Crippen LogP contribution in [-0.2, 0) is 18.3 Å². The molecule has 2 aliphatic carbocycles. The number of hydrogen-bond donors (Lipinski definition) is 1. The van der Waals surface area contributed by atoms with E-state index in [1.165, 1.54) is 0 Å². The molecule has 6 nitrogen and oxygen atoms in total. The Morgan fingerprint density at radius 1 is 1.21 bits per heavy atom. The maximum Gasteiger partial charge on any atom is 0.142 e. The Labute approximate surface area is 164 Å². The summed E-state index contributed by atoms with van der Waals surface area (Å²) < 4.78 is 1.77. The third-order valence-electron chi connectivity index (χ3n) is 6.49. The van der Waals surface area contributed by atoms with Gasteiger partial charge in [0.25, 0.3) is 0 Å². The van der Waals surface area contributed by atoms with Gasteiger partial charge < -0.3 is 5.73 Å². The molecule has 3 aromatic heterocycles. The highest BCUT2D eigenvalue weighted by Gasteiger charge is 2.44. The first-order chi connectivity index (χ1) is 13.6. The van der Waals surface area contributed by atoms with Crippen LogP contribution in [0.25, 0.3) is 22.2 Å². The molecule has 3 aromatic rings. The SMILES string of the molecule is Cn1cc(-c2ccc3cnc(CC(=O)C4[C@@H]5CC[C@H]4CC(N)C5)cc3n2)cn1. The molecule has 5 rings (SSSR count). The molecule has 2 unspecified atom stereocenters. The second kappa shape index (κ2) is 6.78. The van der Waals surface area contributed by atoms with Crippen LogP contribution in [0.5, 0.6) is 0 Å². The number of ketones is 1. The van der Waals surface area contributed by atoms with E-state index in [1.54, 1.807) is 4.68 Å². The van der Waals surface area contributed by atoms with Crippen molar-refractivity contribution < 1.29 is 4.79 Å². The number of hydrogen-bond acceptors (Lipinski definition) is 5. The van der Waals surface area contributed by atoms with Crippen molar-refractivity contribution in [3.8, 4) is 11.3 Å². The molecule has 6 heteroatoms. The highest BCUT2D eigenvalue weighted by Crippen LogP contribution is 2.47. The third-order valence-corrected chi connectivity index (χ3v) is 6.49. The summed E-state index contributed by atoms with van der Waals surface area (Å²) in [6.45, 7) is 0. The van der Waals surface area contributed by atoms with Gasteiger partial charge in [0.15, 0.2) is 0 Å². The lowest BCUT2D eigenvalue weighted by Crippen LogP contribution is -2.38. The minimum absolute atomic E-state index is 0.173.